The first-order chi connectivity index (χ1) is 11.6. The van der Waals surface area contributed by atoms with E-state index in [1.165, 1.54) is 45.2 Å². The van der Waals surface area contributed by atoms with Crippen molar-refractivity contribution in [3.8, 4) is 11.1 Å². The van der Waals surface area contributed by atoms with Crippen LogP contribution >= 0.6 is 0 Å². The Kier molecular flexibility index (Phi) is 3.88. The van der Waals surface area contributed by atoms with Crippen LogP contribution in [0.5, 0.6) is 0 Å². The third-order valence-electron chi connectivity index (χ3n) is 5.54. The third-order valence-corrected chi connectivity index (χ3v) is 5.54. The van der Waals surface area contributed by atoms with E-state index in [0.29, 0.717) is 17.4 Å². The van der Waals surface area contributed by atoms with E-state index in [1.807, 2.05) is 19.4 Å². The summed E-state index contributed by atoms with van der Waals surface area (Å²) in [5.41, 5.74) is 8.32. The van der Waals surface area contributed by atoms with Crippen molar-refractivity contribution in [2.24, 2.45) is 12.5 Å². The number of nitrogens with one attached hydrogen (secondary N) is 2. The molecule has 2 fully saturated rings. The number of aryl methyl sites for hydroxylation is 1. The summed E-state index contributed by atoms with van der Waals surface area (Å²) in [7, 11) is 1.91. The van der Waals surface area contributed by atoms with Gasteiger partial charge in [-0.15, -0.1) is 0 Å². The van der Waals surface area contributed by atoms with Gasteiger partial charge in [0.25, 0.3) is 0 Å². The molecule has 0 atom stereocenters. The molecule has 24 heavy (non-hydrogen) atoms. The molecule has 4 rings (SSSR count). The number of rotatable bonds is 3. The van der Waals surface area contributed by atoms with Crippen LogP contribution < -0.4 is 16.4 Å². The Morgan fingerprint density at radius 2 is 2.12 bits per heavy atom. The van der Waals surface area contributed by atoms with Gasteiger partial charge in [0, 0.05) is 43.2 Å². The van der Waals surface area contributed by atoms with Crippen LogP contribution in [0, 0.1) is 5.41 Å². The van der Waals surface area contributed by atoms with Crippen LogP contribution in [0.15, 0.2) is 18.6 Å². The van der Waals surface area contributed by atoms with Crippen molar-refractivity contribution < 1.29 is 0 Å². The second-order valence-corrected chi connectivity index (χ2v) is 7.24. The normalized spacial score (nSPS) is 26.8. The van der Waals surface area contributed by atoms with E-state index in [1.54, 1.807) is 10.9 Å². The molecule has 1 aliphatic heterocycles. The number of hydrogen-bond acceptors (Lipinski definition) is 6. The maximum absolute atomic E-state index is 5.82. The highest BCUT2D eigenvalue weighted by Gasteiger charge is 2.37. The summed E-state index contributed by atoms with van der Waals surface area (Å²) in [5, 5.41) is 11.4. The number of aromatic nitrogens is 4. The van der Waals surface area contributed by atoms with Crippen molar-refractivity contribution in [1.29, 1.82) is 0 Å². The predicted octanol–water partition coefficient (Wildman–Crippen LogP) is 1.79. The number of anilines is 2. The van der Waals surface area contributed by atoms with Gasteiger partial charge in [0.2, 0.25) is 5.95 Å². The second-order valence-electron chi connectivity index (χ2n) is 7.24. The minimum absolute atomic E-state index is 0.303. The molecule has 0 amide bonds. The van der Waals surface area contributed by atoms with Crippen molar-refractivity contribution in [2.75, 3.05) is 24.1 Å². The highest BCUT2D eigenvalue weighted by molar-refractivity contribution is 5.74. The monoisotopic (exact) mass is 327 g/mol. The van der Waals surface area contributed by atoms with Crippen molar-refractivity contribution in [1.82, 2.24) is 25.1 Å². The Morgan fingerprint density at radius 3 is 2.79 bits per heavy atom. The zero-order valence-electron chi connectivity index (χ0n) is 14.1. The molecule has 7 nitrogen and oxygen atoms in total. The Hall–Kier alpha value is -2.15. The van der Waals surface area contributed by atoms with Crippen LogP contribution in [0.25, 0.3) is 11.1 Å². The molecule has 2 aliphatic rings. The van der Waals surface area contributed by atoms with Crippen LogP contribution in [0.1, 0.15) is 32.1 Å². The first-order valence-electron chi connectivity index (χ1n) is 8.72. The average molecular weight is 327 g/mol. The van der Waals surface area contributed by atoms with E-state index >= 15 is 0 Å². The van der Waals surface area contributed by atoms with E-state index in [2.05, 4.69) is 25.7 Å². The van der Waals surface area contributed by atoms with Gasteiger partial charge in [-0.3, -0.25) is 4.68 Å². The Bertz CT molecular complexity index is 707. The van der Waals surface area contributed by atoms with Gasteiger partial charge in [-0.05, 0) is 44.1 Å². The fourth-order valence-corrected chi connectivity index (χ4v) is 4.07. The van der Waals surface area contributed by atoms with Gasteiger partial charge < -0.3 is 16.4 Å². The van der Waals surface area contributed by atoms with Crippen LogP contribution in [-0.2, 0) is 7.05 Å². The summed E-state index contributed by atoms with van der Waals surface area (Å²) in [5.74, 6) is 1.12. The first kappa shape index (κ1) is 15.4. The lowest BCUT2D eigenvalue weighted by atomic mass is 9.72. The van der Waals surface area contributed by atoms with E-state index in [-0.39, 0.29) is 0 Å². The van der Waals surface area contributed by atoms with Crippen LogP contribution in [0.4, 0.5) is 11.8 Å². The zero-order valence-corrected chi connectivity index (χ0v) is 14.1. The zero-order chi connectivity index (χ0) is 16.6. The van der Waals surface area contributed by atoms with Gasteiger partial charge >= 0.3 is 0 Å². The molecule has 0 unspecified atom stereocenters. The number of nitrogen functional groups attached to an aromatic ring is 1. The highest BCUT2D eigenvalue weighted by Crippen LogP contribution is 2.42. The summed E-state index contributed by atoms with van der Waals surface area (Å²) in [6.07, 6.45) is 11.8. The summed E-state index contributed by atoms with van der Waals surface area (Å²) >= 11 is 0. The Morgan fingerprint density at radius 1 is 1.29 bits per heavy atom. The standard InChI is InChI=1S/C17H25N7/c1-24-10-12(8-21-24)14-9-20-16(18)23-15(14)22-13-2-4-17(5-3-13)6-7-19-11-17/h8-10,13,19H,2-7,11H2,1H3,(H3,18,20,22,23). The van der Waals surface area contributed by atoms with Gasteiger partial charge in [-0.1, -0.05) is 0 Å². The van der Waals surface area contributed by atoms with Crippen molar-refractivity contribution in [3.05, 3.63) is 18.6 Å². The minimum atomic E-state index is 0.303. The topological polar surface area (TPSA) is 93.7 Å². The summed E-state index contributed by atoms with van der Waals surface area (Å²) in [6.45, 7) is 2.35. The highest BCUT2D eigenvalue weighted by atomic mass is 15.2. The van der Waals surface area contributed by atoms with E-state index in [4.69, 9.17) is 5.73 Å². The van der Waals surface area contributed by atoms with Crippen molar-refractivity contribution in [3.63, 3.8) is 0 Å². The van der Waals surface area contributed by atoms with Crippen LogP contribution in [-0.4, -0.2) is 38.9 Å². The summed E-state index contributed by atoms with van der Waals surface area (Å²) in [6, 6.07) is 0.445. The molecular formula is C17H25N7. The molecule has 1 spiro atoms. The molecule has 1 saturated heterocycles. The Balaban J connectivity index is 1.51. The maximum Gasteiger partial charge on any atom is 0.221 e. The lowest BCUT2D eigenvalue weighted by Crippen LogP contribution is -2.35. The molecule has 1 saturated carbocycles. The first-order valence-corrected chi connectivity index (χ1v) is 8.72. The predicted molar refractivity (Wildman–Crippen MR) is 94.4 cm³/mol. The molecule has 0 bridgehead atoms. The molecule has 0 radical (unpaired) electrons. The molecule has 2 aromatic rings. The summed E-state index contributed by atoms with van der Waals surface area (Å²) < 4.78 is 1.78. The molecular weight excluding hydrogens is 302 g/mol. The fraction of sp³-hybridized carbons (Fsp3) is 0.588. The Labute approximate surface area is 142 Å². The van der Waals surface area contributed by atoms with Gasteiger partial charge in [0.15, 0.2) is 0 Å². The van der Waals surface area contributed by atoms with Crippen LogP contribution in [0.3, 0.4) is 0 Å². The maximum atomic E-state index is 5.82. The second kappa shape index (κ2) is 6.05. The molecule has 128 valence electrons. The molecule has 1 aliphatic carbocycles. The quantitative estimate of drug-likeness (QED) is 0.796. The number of hydrogen-bond donors (Lipinski definition) is 3. The lowest BCUT2D eigenvalue weighted by molar-refractivity contribution is 0.206. The molecule has 4 N–H and O–H groups in total. The molecule has 7 heteroatoms. The number of nitrogens with zero attached hydrogens (tertiary/aromatic N) is 4. The lowest BCUT2D eigenvalue weighted by Gasteiger charge is -2.37. The molecule has 3 heterocycles. The van der Waals surface area contributed by atoms with Gasteiger partial charge in [0.1, 0.15) is 5.82 Å². The fourth-order valence-electron chi connectivity index (χ4n) is 4.07. The van der Waals surface area contributed by atoms with Crippen molar-refractivity contribution >= 4 is 11.8 Å². The molecule has 0 aromatic carbocycles. The van der Waals surface area contributed by atoms with Crippen molar-refractivity contribution in [2.45, 2.75) is 38.1 Å². The van der Waals surface area contributed by atoms with E-state index in [9.17, 15) is 0 Å². The molecule has 2 aromatic heterocycles. The third kappa shape index (κ3) is 2.96. The largest absolute Gasteiger partial charge is 0.368 e. The number of nitrogens with two attached hydrogens (primary N) is 1. The smallest absolute Gasteiger partial charge is 0.221 e. The minimum Gasteiger partial charge on any atom is -0.368 e. The SMILES string of the molecule is Cn1cc(-c2cnc(N)nc2NC2CCC3(CCNC3)CC2)cn1. The average Bonchev–Trinajstić information content (AvgIpc) is 3.20. The van der Waals surface area contributed by atoms with E-state index in [0.717, 1.165) is 16.9 Å². The van der Waals surface area contributed by atoms with Gasteiger partial charge in [0.05, 0.1) is 6.20 Å². The van der Waals surface area contributed by atoms with Crippen LogP contribution in [0.2, 0.25) is 0 Å². The van der Waals surface area contributed by atoms with Gasteiger partial charge in [-0.25, -0.2) is 4.98 Å². The summed E-state index contributed by atoms with van der Waals surface area (Å²) in [4.78, 5) is 8.61. The van der Waals surface area contributed by atoms with E-state index < -0.39 is 0 Å². The van der Waals surface area contributed by atoms with Gasteiger partial charge in [-0.2, -0.15) is 10.1 Å².